The molecule has 1 heterocycles. The molecule has 0 saturated carbocycles. The molecule has 7 heteroatoms. The Balaban J connectivity index is 2.24. The molecule has 0 aliphatic heterocycles. The molecule has 0 bridgehead atoms. The fourth-order valence-electron chi connectivity index (χ4n) is 2.79. The first-order valence-corrected chi connectivity index (χ1v) is 11.1. The maximum Gasteiger partial charge on any atom is 0.268 e. The van der Waals surface area contributed by atoms with E-state index in [4.69, 9.17) is 0 Å². The highest BCUT2D eigenvalue weighted by Gasteiger charge is 2.24. The van der Waals surface area contributed by atoms with Crippen molar-refractivity contribution in [3.8, 4) is 0 Å². The smallest absolute Gasteiger partial charge is 0.238 e. The Kier molecular flexibility index (Phi) is 5.10. The second-order valence-electron chi connectivity index (χ2n) is 7.19. The van der Waals surface area contributed by atoms with Gasteiger partial charge in [-0.3, -0.25) is 0 Å². The molecule has 0 aliphatic carbocycles. The van der Waals surface area contributed by atoms with Gasteiger partial charge in [0.2, 0.25) is 0 Å². The molecule has 0 radical (unpaired) electrons. The van der Waals surface area contributed by atoms with Gasteiger partial charge in [-0.2, -0.15) is 4.40 Å². The molecule has 0 fully saturated rings. The van der Waals surface area contributed by atoms with Crippen LogP contribution in [0.3, 0.4) is 0 Å². The summed E-state index contributed by atoms with van der Waals surface area (Å²) in [7, 11) is -5.19. The van der Waals surface area contributed by atoms with Crippen LogP contribution in [0, 0.1) is 6.92 Å². The number of fused-ring (bicyclic) bond motifs is 1. The van der Waals surface area contributed by atoms with E-state index in [1.807, 2.05) is 32.9 Å². The largest absolute Gasteiger partial charge is 0.268 e. The van der Waals surface area contributed by atoms with Crippen molar-refractivity contribution in [3.05, 3.63) is 65.9 Å². The van der Waals surface area contributed by atoms with E-state index in [1.54, 1.807) is 49.4 Å². The minimum Gasteiger partial charge on any atom is -0.238 e. The Morgan fingerprint density at radius 2 is 1.59 bits per heavy atom. The summed E-state index contributed by atoms with van der Waals surface area (Å²) < 4.78 is 43.8. The van der Waals surface area contributed by atoms with E-state index in [0.717, 1.165) is 5.39 Å². The third kappa shape index (κ3) is 3.61. The van der Waals surface area contributed by atoms with Gasteiger partial charge in [-0.15, -0.1) is 0 Å². The van der Waals surface area contributed by atoms with Gasteiger partial charge in [0.25, 0.3) is 10.0 Å². The lowest BCUT2D eigenvalue weighted by atomic mass is 10.1. The van der Waals surface area contributed by atoms with Crippen molar-refractivity contribution < 1.29 is 12.6 Å². The van der Waals surface area contributed by atoms with Crippen LogP contribution in [-0.2, 0) is 21.0 Å². The van der Waals surface area contributed by atoms with Crippen LogP contribution in [0.5, 0.6) is 0 Å². The van der Waals surface area contributed by atoms with Crippen LogP contribution in [0.1, 0.15) is 32.0 Å². The number of benzene rings is 2. The van der Waals surface area contributed by atoms with Crippen molar-refractivity contribution in [1.29, 1.82) is 0 Å². The molecule has 1 atom stereocenters. The lowest BCUT2D eigenvalue weighted by Gasteiger charge is -2.12. The second-order valence-corrected chi connectivity index (χ2v) is 10.9. The zero-order chi connectivity index (χ0) is 19.8. The van der Waals surface area contributed by atoms with E-state index in [-0.39, 0.29) is 4.90 Å². The van der Waals surface area contributed by atoms with Crippen LogP contribution >= 0.6 is 0 Å². The summed E-state index contributed by atoms with van der Waals surface area (Å²) in [6, 6.07) is 15.6. The summed E-state index contributed by atoms with van der Waals surface area (Å²) in [4.78, 5) is 0.218. The number of hydrogen-bond acceptors (Lipinski definition) is 3. The van der Waals surface area contributed by atoms with Crippen molar-refractivity contribution in [2.75, 3.05) is 0 Å². The van der Waals surface area contributed by atoms with Crippen LogP contribution in [-0.4, -0.2) is 27.6 Å². The normalized spacial score (nSPS) is 14.1. The van der Waals surface area contributed by atoms with Crippen LogP contribution in [0.4, 0.5) is 0 Å². The standard InChI is InChI=1S/C20H22N2O3S2/c1-15-18(14-21-26(23)20(2,3)4)17-12-8-9-13-19(17)22(15)27(24,25)16-10-6-5-7-11-16/h5-14H,1-4H3/b21-14+/t26-/m1/s1. The number of nitrogens with zero attached hydrogens (tertiary/aromatic N) is 2. The van der Waals surface area contributed by atoms with Gasteiger partial charge in [-0.1, -0.05) is 36.4 Å². The topological polar surface area (TPSA) is 68.5 Å². The van der Waals surface area contributed by atoms with Gasteiger partial charge in [0.05, 0.1) is 15.2 Å². The fraction of sp³-hybridized carbons (Fsp3) is 0.250. The first-order valence-electron chi connectivity index (χ1n) is 8.51. The number of hydrogen-bond donors (Lipinski definition) is 0. The van der Waals surface area contributed by atoms with E-state index < -0.39 is 25.8 Å². The Morgan fingerprint density at radius 3 is 2.22 bits per heavy atom. The molecule has 142 valence electrons. The van der Waals surface area contributed by atoms with Crippen molar-refractivity contribution in [1.82, 2.24) is 3.97 Å². The highest BCUT2D eigenvalue weighted by Crippen LogP contribution is 2.29. The molecule has 0 unspecified atom stereocenters. The van der Waals surface area contributed by atoms with Gasteiger partial charge in [0, 0.05) is 22.9 Å². The highest BCUT2D eigenvalue weighted by molar-refractivity contribution is 7.90. The zero-order valence-corrected chi connectivity index (χ0v) is 17.3. The third-order valence-corrected chi connectivity index (χ3v) is 7.35. The summed E-state index contributed by atoms with van der Waals surface area (Å²) >= 11 is 0. The SMILES string of the molecule is Cc1c(/C=N/[S@](=O)C(C)(C)C)c2ccccc2n1S(=O)(=O)c1ccccc1. The number of aromatic nitrogens is 1. The van der Waals surface area contributed by atoms with Gasteiger partial charge in [0.1, 0.15) is 11.0 Å². The van der Waals surface area contributed by atoms with Crippen LogP contribution in [0.25, 0.3) is 10.9 Å². The molecular formula is C20H22N2O3S2. The zero-order valence-electron chi connectivity index (χ0n) is 15.7. The lowest BCUT2D eigenvalue weighted by Crippen LogP contribution is -2.19. The van der Waals surface area contributed by atoms with Crippen molar-refractivity contribution in [2.45, 2.75) is 37.3 Å². The van der Waals surface area contributed by atoms with Crippen LogP contribution in [0.15, 0.2) is 63.9 Å². The Morgan fingerprint density at radius 1 is 1.00 bits per heavy atom. The summed E-state index contributed by atoms with van der Waals surface area (Å²) in [5.41, 5.74) is 1.76. The molecule has 3 aromatic rings. The molecule has 0 spiro atoms. The van der Waals surface area contributed by atoms with Gasteiger partial charge in [-0.25, -0.2) is 16.6 Å². The van der Waals surface area contributed by atoms with Crippen molar-refractivity contribution >= 4 is 38.1 Å². The number of rotatable bonds is 4. The summed E-state index contributed by atoms with van der Waals surface area (Å²) in [6.07, 6.45) is 1.52. The Bertz CT molecular complexity index is 1140. The van der Waals surface area contributed by atoms with Gasteiger partial charge in [-0.05, 0) is 45.9 Å². The van der Waals surface area contributed by atoms with E-state index in [2.05, 4.69) is 4.40 Å². The molecule has 0 saturated heterocycles. The first-order chi connectivity index (χ1) is 12.6. The second kappa shape index (κ2) is 7.05. The van der Waals surface area contributed by atoms with E-state index >= 15 is 0 Å². The predicted octanol–water partition coefficient (Wildman–Crippen LogP) is 4.07. The molecule has 27 heavy (non-hydrogen) atoms. The minimum absolute atomic E-state index is 0.218. The predicted molar refractivity (Wildman–Crippen MR) is 111 cm³/mol. The average Bonchev–Trinajstić information content (AvgIpc) is 2.91. The summed E-state index contributed by atoms with van der Waals surface area (Å²) in [5, 5.41) is 0.754. The van der Waals surface area contributed by atoms with E-state index in [9.17, 15) is 12.6 Å². The molecule has 0 amide bonds. The van der Waals surface area contributed by atoms with Crippen molar-refractivity contribution in [2.24, 2.45) is 4.40 Å². The van der Waals surface area contributed by atoms with Crippen LogP contribution < -0.4 is 0 Å². The molecule has 0 N–H and O–H groups in total. The first kappa shape index (κ1) is 19.5. The van der Waals surface area contributed by atoms with Crippen molar-refractivity contribution in [3.63, 3.8) is 0 Å². The summed E-state index contributed by atoms with van der Waals surface area (Å²) in [5.74, 6) is 0. The van der Waals surface area contributed by atoms with Crippen LogP contribution in [0.2, 0.25) is 0 Å². The number of para-hydroxylation sites is 1. The average molecular weight is 403 g/mol. The molecule has 5 nitrogen and oxygen atoms in total. The van der Waals surface area contributed by atoms with Gasteiger partial charge in [0.15, 0.2) is 0 Å². The molecule has 3 rings (SSSR count). The van der Waals surface area contributed by atoms with E-state index in [1.165, 1.54) is 10.2 Å². The third-order valence-electron chi connectivity index (χ3n) is 4.19. The quantitative estimate of drug-likeness (QED) is 0.618. The minimum atomic E-state index is -3.76. The summed E-state index contributed by atoms with van der Waals surface area (Å²) in [6.45, 7) is 7.27. The molecule has 0 aliphatic rings. The molecule has 1 aromatic heterocycles. The van der Waals surface area contributed by atoms with Gasteiger partial charge >= 0.3 is 0 Å². The Hall–Kier alpha value is -2.25. The maximum atomic E-state index is 13.2. The highest BCUT2D eigenvalue weighted by atomic mass is 32.2. The van der Waals surface area contributed by atoms with Gasteiger partial charge < -0.3 is 0 Å². The maximum absolute atomic E-state index is 13.2. The monoisotopic (exact) mass is 402 g/mol. The fourth-order valence-corrected chi connectivity index (χ4v) is 4.90. The van der Waals surface area contributed by atoms with E-state index in [0.29, 0.717) is 16.8 Å². The molecule has 2 aromatic carbocycles. The lowest BCUT2D eigenvalue weighted by molar-refractivity contribution is 0.588. The molecular weight excluding hydrogens is 380 g/mol. The Labute approximate surface area is 162 Å².